The average molecular weight is 372 g/mol. The summed E-state index contributed by atoms with van der Waals surface area (Å²) in [5, 5.41) is 0.496. The molecule has 0 fully saturated rings. The van der Waals surface area contributed by atoms with Crippen LogP contribution in [0.3, 0.4) is 0 Å². The van der Waals surface area contributed by atoms with Crippen LogP contribution < -0.4 is 15.0 Å². The second kappa shape index (κ2) is 6.09. The van der Waals surface area contributed by atoms with Crippen molar-refractivity contribution in [3.05, 3.63) is 71.3 Å². The molecule has 0 saturated carbocycles. The van der Waals surface area contributed by atoms with Crippen molar-refractivity contribution >= 4 is 27.7 Å². The van der Waals surface area contributed by atoms with E-state index in [1.807, 2.05) is 34.7 Å². The van der Waals surface area contributed by atoms with Gasteiger partial charge in [-0.25, -0.2) is 9.97 Å². The number of hydrogen-bond acceptors (Lipinski definition) is 5. The molecule has 5 aromatic rings. The summed E-state index contributed by atoms with van der Waals surface area (Å²) in [6.45, 7) is 0. The topological polar surface area (TPSA) is 70.6 Å². The van der Waals surface area contributed by atoms with Crippen LogP contribution in [0.1, 0.15) is 0 Å². The Morgan fingerprint density at radius 3 is 2.64 bits per heavy atom. The van der Waals surface area contributed by atoms with Crippen LogP contribution in [0.25, 0.3) is 33.4 Å². The molecule has 0 unspecified atom stereocenters. The van der Waals surface area contributed by atoms with Gasteiger partial charge in [-0.1, -0.05) is 12.1 Å². The van der Waals surface area contributed by atoms with Gasteiger partial charge in [-0.05, 0) is 30.3 Å². The number of benzene rings is 2. The normalized spacial score (nSPS) is 11.4. The molecule has 138 valence electrons. The van der Waals surface area contributed by atoms with E-state index in [2.05, 4.69) is 9.97 Å². The Hall–Kier alpha value is -3.87. The van der Waals surface area contributed by atoms with Crippen LogP contribution in [0.5, 0.6) is 11.5 Å². The molecule has 5 rings (SSSR count). The molecule has 0 saturated heterocycles. The van der Waals surface area contributed by atoms with E-state index >= 15 is 0 Å². The van der Waals surface area contributed by atoms with Crippen molar-refractivity contribution in [1.29, 1.82) is 0 Å². The fourth-order valence-electron chi connectivity index (χ4n) is 3.49. The minimum Gasteiger partial charge on any atom is -0.497 e. The van der Waals surface area contributed by atoms with Crippen molar-refractivity contribution in [3.8, 4) is 17.2 Å². The molecule has 0 radical (unpaired) electrons. The van der Waals surface area contributed by atoms with E-state index in [1.54, 1.807) is 49.4 Å². The second-order valence-electron chi connectivity index (χ2n) is 6.32. The molecule has 28 heavy (non-hydrogen) atoms. The van der Waals surface area contributed by atoms with Gasteiger partial charge in [0.2, 0.25) is 5.78 Å². The largest absolute Gasteiger partial charge is 0.497 e. The van der Waals surface area contributed by atoms with E-state index in [9.17, 15) is 4.79 Å². The lowest BCUT2D eigenvalue weighted by atomic mass is 10.2. The van der Waals surface area contributed by atoms with Crippen molar-refractivity contribution < 1.29 is 9.47 Å². The van der Waals surface area contributed by atoms with Crippen LogP contribution in [-0.2, 0) is 0 Å². The van der Waals surface area contributed by atoms with Crippen molar-refractivity contribution in [2.45, 2.75) is 0 Å². The van der Waals surface area contributed by atoms with E-state index in [0.29, 0.717) is 28.4 Å². The second-order valence-corrected chi connectivity index (χ2v) is 6.32. The third-order valence-corrected chi connectivity index (χ3v) is 4.85. The van der Waals surface area contributed by atoms with Crippen LogP contribution in [0, 0.1) is 0 Å². The van der Waals surface area contributed by atoms with Gasteiger partial charge in [0.1, 0.15) is 11.5 Å². The van der Waals surface area contributed by atoms with Gasteiger partial charge >= 0.3 is 0 Å². The number of rotatable bonds is 3. The molecule has 7 nitrogen and oxygen atoms in total. The number of aromatic nitrogens is 4. The Labute approximate surface area is 159 Å². The molecule has 0 aliphatic heterocycles. The van der Waals surface area contributed by atoms with E-state index < -0.39 is 0 Å². The van der Waals surface area contributed by atoms with E-state index in [-0.39, 0.29) is 5.56 Å². The smallest absolute Gasteiger partial charge is 0.266 e. The first kappa shape index (κ1) is 16.3. The number of imidazole rings is 1. The number of methoxy groups -OCH3 is 2. The lowest BCUT2D eigenvalue weighted by Gasteiger charge is -2.13. The highest BCUT2D eigenvalue weighted by atomic mass is 16.5. The molecule has 3 heterocycles. The SMILES string of the molecule is COc1ccc(-n2ccc3c(cnc4nc5ccccc5n43)c2=O)c(OC)c1. The third-order valence-electron chi connectivity index (χ3n) is 4.85. The Morgan fingerprint density at radius 2 is 1.82 bits per heavy atom. The molecule has 0 amide bonds. The molecule has 0 atom stereocenters. The number of ether oxygens (including phenoxy) is 2. The Morgan fingerprint density at radius 1 is 0.964 bits per heavy atom. The van der Waals surface area contributed by atoms with E-state index in [1.165, 1.54) is 0 Å². The number of fused-ring (bicyclic) bond motifs is 5. The van der Waals surface area contributed by atoms with Crippen LogP contribution in [0.2, 0.25) is 0 Å². The van der Waals surface area contributed by atoms with Gasteiger partial charge < -0.3 is 9.47 Å². The van der Waals surface area contributed by atoms with Crippen LogP contribution in [0.4, 0.5) is 0 Å². The first-order valence-electron chi connectivity index (χ1n) is 8.71. The maximum Gasteiger partial charge on any atom is 0.266 e. The van der Waals surface area contributed by atoms with Gasteiger partial charge in [-0.2, -0.15) is 0 Å². The Balaban J connectivity index is 1.82. The summed E-state index contributed by atoms with van der Waals surface area (Å²) in [4.78, 5) is 22.2. The molecule has 0 aliphatic carbocycles. The predicted octanol–water partition coefficient (Wildman–Crippen LogP) is 3.20. The fraction of sp³-hybridized carbons (Fsp3) is 0.0952. The van der Waals surface area contributed by atoms with Crippen molar-refractivity contribution in [2.75, 3.05) is 14.2 Å². The van der Waals surface area contributed by atoms with Gasteiger partial charge in [0.05, 0.1) is 41.8 Å². The van der Waals surface area contributed by atoms with Crippen LogP contribution in [0.15, 0.2) is 65.7 Å². The molecular formula is C21H16N4O3. The third kappa shape index (κ3) is 2.26. The fourth-order valence-corrected chi connectivity index (χ4v) is 3.49. The Bertz CT molecular complexity index is 1420. The maximum absolute atomic E-state index is 13.3. The standard InChI is InChI=1S/C21H16N4O3/c1-27-13-7-8-18(19(11-13)28-2)24-10-9-16-14(20(24)26)12-22-21-23-15-5-3-4-6-17(15)25(16)21/h3-12H,1-2H3. The van der Waals surface area contributed by atoms with Crippen LogP contribution >= 0.6 is 0 Å². The zero-order chi connectivity index (χ0) is 19.3. The minimum atomic E-state index is -0.187. The van der Waals surface area contributed by atoms with Gasteiger partial charge in [0.15, 0.2) is 0 Å². The molecule has 0 spiro atoms. The molecule has 3 aromatic heterocycles. The number of para-hydroxylation sites is 2. The summed E-state index contributed by atoms with van der Waals surface area (Å²) in [5.74, 6) is 1.76. The Kier molecular flexibility index (Phi) is 3.55. The highest BCUT2D eigenvalue weighted by Gasteiger charge is 2.14. The first-order valence-corrected chi connectivity index (χ1v) is 8.71. The van der Waals surface area contributed by atoms with Crippen molar-refractivity contribution in [3.63, 3.8) is 0 Å². The lowest BCUT2D eigenvalue weighted by Crippen LogP contribution is -2.19. The first-order chi connectivity index (χ1) is 13.7. The van der Waals surface area contributed by atoms with Crippen molar-refractivity contribution in [1.82, 2.24) is 18.9 Å². The number of pyridine rings is 1. The number of hydrogen-bond donors (Lipinski definition) is 0. The minimum absolute atomic E-state index is 0.187. The van der Waals surface area contributed by atoms with Gasteiger partial charge in [0, 0.05) is 18.5 Å². The summed E-state index contributed by atoms with van der Waals surface area (Å²) in [7, 11) is 3.15. The monoisotopic (exact) mass is 372 g/mol. The van der Waals surface area contributed by atoms with Gasteiger partial charge in [0.25, 0.3) is 5.56 Å². The van der Waals surface area contributed by atoms with Crippen molar-refractivity contribution in [2.24, 2.45) is 0 Å². The van der Waals surface area contributed by atoms with E-state index in [4.69, 9.17) is 9.47 Å². The number of nitrogens with zero attached hydrogens (tertiary/aromatic N) is 4. The maximum atomic E-state index is 13.3. The summed E-state index contributed by atoms with van der Waals surface area (Å²) >= 11 is 0. The molecule has 2 aromatic carbocycles. The highest BCUT2D eigenvalue weighted by molar-refractivity contribution is 5.88. The molecular weight excluding hydrogens is 356 g/mol. The summed E-state index contributed by atoms with van der Waals surface area (Å²) in [6.07, 6.45) is 3.31. The summed E-state index contributed by atoms with van der Waals surface area (Å²) < 4.78 is 14.1. The molecule has 7 heteroatoms. The zero-order valence-electron chi connectivity index (χ0n) is 15.3. The summed E-state index contributed by atoms with van der Waals surface area (Å²) in [5.41, 5.74) is 2.95. The molecule has 0 aliphatic rings. The highest BCUT2D eigenvalue weighted by Crippen LogP contribution is 2.28. The van der Waals surface area contributed by atoms with E-state index in [0.717, 1.165) is 16.6 Å². The quantitative estimate of drug-likeness (QED) is 0.486. The molecule has 0 N–H and O–H groups in total. The molecule has 0 bridgehead atoms. The summed E-state index contributed by atoms with van der Waals surface area (Å²) in [6, 6.07) is 15.0. The zero-order valence-corrected chi connectivity index (χ0v) is 15.3. The lowest BCUT2D eigenvalue weighted by molar-refractivity contribution is 0.393. The predicted molar refractivity (Wildman–Crippen MR) is 107 cm³/mol. The van der Waals surface area contributed by atoms with Gasteiger partial charge in [-0.3, -0.25) is 13.8 Å². The van der Waals surface area contributed by atoms with Crippen LogP contribution in [-0.4, -0.2) is 33.2 Å². The average Bonchev–Trinajstić information content (AvgIpc) is 3.12. The van der Waals surface area contributed by atoms with Gasteiger partial charge in [-0.15, -0.1) is 0 Å².